The zero-order valence-electron chi connectivity index (χ0n) is 16.5. The summed E-state index contributed by atoms with van der Waals surface area (Å²) in [6, 6.07) is 5.37. The maximum atomic E-state index is 12.9. The van der Waals surface area contributed by atoms with Gasteiger partial charge < -0.3 is 14.8 Å². The molecule has 146 valence electrons. The van der Waals surface area contributed by atoms with E-state index in [1.165, 1.54) is 11.3 Å². The van der Waals surface area contributed by atoms with Crippen LogP contribution in [0.5, 0.6) is 11.5 Å². The highest BCUT2D eigenvalue weighted by Crippen LogP contribution is 2.40. The van der Waals surface area contributed by atoms with Crippen molar-refractivity contribution in [2.75, 3.05) is 19.0 Å². The number of hydrogen-bond donors (Lipinski definition) is 1. The van der Waals surface area contributed by atoms with Crippen molar-refractivity contribution in [2.45, 2.75) is 39.5 Å². The fraction of sp³-hybridized carbons (Fsp3) is 0.381. The zero-order chi connectivity index (χ0) is 19.8. The molecule has 4 rings (SSSR count). The van der Waals surface area contributed by atoms with E-state index in [-0.39, 0.29) is 5.91 Å². The van der Waals surface area contributed by atoms with Crippen molar-refractivity contribution in [3.05, 3.63) is 40.2 Å². The molecule has 0 saturated heterocycles. The van der Waals surface area contributed by atoms with Crippen LogP contribution in [0.2, 0.25) is 0 Å². The SMILES string of the molecule is CCOc1ccc(NC(=O)c2sc3nc(C4CC4)nc(C)c3c2C)cc1OC. The standard InChI is InChI=1S/C21H23N3O3S/c1-5-27-15-9-8-14(10-16(15)26-4)23-20(25)18-11(2)17-12(3)22-19(13-6-7-13)24-21(17)28-18/h8-10,13H,5-7H2,1-4H3,(H,23,25). The monoisotopic (exact) mass is 397 g/mol. The minimum Gasteiger partial charge on any atom is -0.493 e. The van der Waals surface area contributed by atoms with Crippen LogP contribution in [-0.4, -0.2) is 29.6 Å². The summed E-state index contributed by atoms with van der Waals surface area (Å²) in [4.78, 5) is 23.9. The van der Waals surface area contributed by atoms with Crippen LogP contribution in [0.15, 0.2) is 18.2 Å². The second kappa shape index (κ2) is 7.39. The molecule has 1 saturated carbocycles. The van der Waals surface area contributed by atoms with Crippen LogP contribution < -0.4 is 14.8 Å². The second-order valence-electron chi connectivity index (χ2n) is 6.93. The summed E-state index contributed by atoms with van der Waals surface area (Å²) in [6.45, 7) is 6.42. The van der Waals surface area contributed by atoms with Crippen molar-refractivity contribution in [1.29, 1.82) is 0 Å². The van der Waals surface area contributed by atoms with E-state index in [9.17, 15) is 4.79 Å². The number of methoxy groups -OCH3 is 1. The molecule has 1 fully saturated rings. The lowest BCUT2D eigenvalue weighted by atomic mass is 10.1. The van der Waals surface area contributed by atoms with Crippen molar-refractivity contribution in [3.8, 4) is 11.5 Å². The highest BCUT2D eigenvalue weighted by atomic mass is 32.1. The van der Waals surface area contributed by atoms with Gasteiger partial charge in [0.25, 0.3) is 5.91 Å². The van der Waals surface area contributed by atoms with Gasteiger partial charge >= 0.3 is 0 Å². The molecule has 0 atom stereocenters. The quantitative estimate of drug-likeness (QED) is 0.644. The third-order valence-corrected chi connectivity index (χ3v) is 6.04. The maximum absolute atomic E-state index is 12.9. The molecule has 0 radical (unpaired) electrons. The molecule has 1 aliphatic carbocycles. The molecule has 0 aliphatic heterocycles. The van der Waals surface area contributed by atoms with E-state index in [1.54, 1.807) is 19.2 Å². The topological polar surface area (TPSA) is 73.3 Å². The number of nitrogens with one attached hydrogen (secondary N) is 1. The number of aryl methyl sites for hydroxylation is 2. The van der Waals surface area contributed by atoms with Crippen LogP contribution in [0.3, 0.4) is 0 Å². The molecule has 2 aromatic heterocycles. The highest BCUT2D eigenvalue weighted by Gasteiger charge is 2.28. The fourth-order valence-electron chi connectivity index (χ4n) is 3.31. The van der Waals surface area contributed by atoms with E-state index in [0.717, 1.165) is 40.1 Å². The third kappa shape index (κ3) is 3.42. The molecule has 1 aromatic carbocycles. The van der Waals surface area contributed by atoms with Gasteiger partial charge in [0.05, 0.1) is 24.3 Å². The smallest absolute Gasteiger partial charge is 0.266 e. The summed E-state index contributed by atoms with van der Waals surface area (Å²) in [5, 5.41) is 3.95. The first-order chi connectivity index (χ1) is 13.5. The highest BCUT2D eigenvalue weighted by molar-refractivity contribution is 7.20. The molecule has 7 heteroatoms. The summed E-state index contributed by atoms with van der Waals surface area (Å²) in [5.74, 6) is 2.48. The van der Waals surface area contributed by atoms with E-state index >= 15 is 0 Å². The maximum Gasteiger partial charge on any atom is 0.266 e. The van der Waals surface area contributed by atoms with Crippen LogP contribution in [0, 0.1) is 13.8 Å². The fourth-order valence-corrected chi connectivity index (χ4v) is 4.44. The van der Waals surface area contributed by atoms with Crippen LogP contribution in [0.25, 0.3) is 10.2 Å². The number of benzene rings is 1. The Morgan fingerprint density at radius 2 is 2.04 bits per heavy atom. The molecule has 6 nitrogen and oxygen atoms in total. The Bertz CT molecular complexity index is 1060. The predicted octanol–water partition coefficient (Wildman–Crippen LogP) is 4.85. The molecule has 0 spiro atoms. The molecule has 1 amide bonds. The van der Waals surface area contributed by atoms with Crippen LogP contribution in [0.4, 0.5) is 5.69 Å². The number of amides is 1. The average molecular weight is 398 g/mol. The van der Waals surface area contributed by atoms with Gasteiger partial charge in [-0.1, -0.05) is 0 Å². The number of carbonyl (C=O) groups is 1. The minimum absolute atomic E-state index is 0.154. The summed E-state index contributed by atoms with van der Waals surface area (Å²) < 4.78 is 10.9. The number of nitrogens with zero attached hydrogens (tertiary/aromatic N) is 2. The number of fused-ring (bicyclic) bond motifs is 1. The number of anilines is 1. The van der Waals surface area contributed by atoms with Gasteiger partial charge in [-0.05, 0) is 51.3 Å². The van der Waals surface area contributed by atoms with E-state index in [1.807, 2.05) is 26.8 Å². The third-order valence-electron chi connectivity index (χ3n) is 4.86. The van der Waals surface area contributed by atoms with E-state index in [0.29, 0.717) is 34.6 Å². The van der Waals surface area contributed by atoms with Gasteiger partial charge in [0.15, 0.2) is 11.5 Å². The predicted molar refractivity (Wildman–Crippen MR) is 111 cm³/mol. The first-order valence-electron chi connectivity index (χ1n) is 9.41. The van der Waals surface area contributed by atoms with Gasteiger partial charge in [-0.3, -0.25) is 4.79 Å². The first kappa shape index (κ1) is 18.7. The Labute approximate surface area is 167 Å². The Kier molecular flexibility index (Phi) is 4.93. The summed E-state index contributed by atoms with van der Waals surface area (Å²) in [5.41, 5.74) is 2.53. The molecule has 2 heterocycles. The van der Waals surface area contributed by atoms with Crippen molar-refractivity contribution in [2.24, 2.45) is 0 Å². The molecular formula is C21H23N3O3S. The number of ether oxygens (including phenoxy) is 2. The van der Waals surface area contributed by atoms with Crippen LogP contribution in [-0.2, 0) is 0 Å². The van der Waals surface area contributed by atoms with Gasteiger partial charge in [-0.2, -0.15) is 0 Å². The average Bonchev–Trinajstić information content (AvgIpc) is 3.47. The molecule has 28 heavy (non-hydrogen) atoms. The molecule has 1 aliphatic rings. The lowest BCUT2D eigenvalue weighted by Crippen LogP contribution is -2.11. The lowest BCUT2D eigenvalue weighted by Gasteiger charge is -2.11. The lowest BCUT2D eigenvalue weighted by molar-refractivity contribution is 0.103. The van der Waals surface area contributed by atoms with Crippen molar-refractivity contribution >= 4 is 33.1 Å². The summed E-state index contributed by atoms with van der Waals surface area (Å²) >= 11 is 1.43. The number of thiophene rings is 1. The van der Waals surface area contributed by atoms with Gasteiger partial charge in [-0.15, -0.1) is 11.3 Å². The number of rotatable bonds is 6. The molecule has 3 aromatic rings. The summed E-state index contributed by atoms with van der Waals surface area (Å²) in [7, 11) is 1.58. The Balaban J connectivity index is 1.64. The van der Waals surface area contributed by atoms with Crippen molar-refractivity contribution in [1.82, 2.24) is 9.97 Å². The number of aromatic nitrogens is 2. The van der Waals surface area contributed by atoms with Gasteiger partial charge in [0.2, 0.25) is 0 Å². The van der Waals surface area contributed by atoms with Gasteiger partial charge in [0.1, 0.15) is 10.7 Å². The van der Waals surface area contributed by atoms with E-state index in [2.05, 4.69) is 10.3 Å². The van der Waals surface area contributed by atoms with E-state index < -0.39 is 0 Å². The Hall–Kier alpha value is -2.67. The van der Waals surface area contributed by atoms with Gasteiger partial charge in [0, 0.05) is 23.1 Å². The second-order valence-corrected chi connectivity index (χ2v) is 7.93. The van der Waals surface area contributed by atoms with Crippen LogP contribution >= 0.6 is 11.3 Å². The number of carbonyl (C=O) groups excluding carboxylic acids is 1. The van der Waals surface area contributed by atoms with Crippen molar-refractivity contribution < 1.29 is 14.3 Å². The molecule has 0 bridgehead atoms. The largest absolute Gasteiger partial charge is 0.493 e. The molecular weight excluding hydrogens is 374 g/mol. The number of hydrogen-bond acceptors (Lipinski definition) is 6. The van der Waals surface area contributed by atoms with Crippen LogP contribution in [0.1, 0.15) is 52.4 Å². The molecule has 0 unspecified atom stereocenters. The zero-order valence-corrected chi connectivity index (χ0v) is 17.3. The minimum atomic E-state index is -0.154. The first-order valence-corrected chi connectivity index (χ1v) is 10.2. The van der Waals surface area contributed by atoms with E-state index in [4.69, 9.17) is 14.5 Å². The summed E-state index contributed by atoms with van der Waals surface area (Å²) in [6.07, 6.45) is 2.31. The van der Waals surface area contributed by atoms with Crippen molar-refractivity contribution in [3.63, 3.8) is 0 Å². The Morgan fingerprint density at radius 1 is 1.25 bits per heavy atom. The molecule has 1 N–H and O–H groups in total. The van der Waals surface area contributed by atoms with Gasteiger partial charge in [-0.25, -0.2) is 9.97 Å². The Morgan fingerprint density at radius 3 is 2.71 bits per heavy atom. The normalized spacial score (nSPS) is 13.6.